The van der Waals surface area contributed by atoms with Gasteiger partial charge in [-0.3, -0.25) is 4.90 Å². The van der Waals surface area contributed by atoms with E-state index in [0.717, 1.165) is 50.8 Å². The fourth-order valence-electron chi connectivity index (χ4n) is 2.46. The second kappa shape index (κ2) is 7.85. The van der Waals surface area contributed by atoms with Crippen LogP contribution in [-0.4, -0.2) is 44.3 Å². The molecule has 0 bridgehead atoms. The van der Waals surface area contributed by atoms with Crippen LogP contribution in [0.25, 0.3) is 0 Å². The average Bonchev–Trinajstić information content (AvgIpc) is 2.46. The second-order valence-electron chi connectivity index (χ2n) is 4.90. The quantitative estimate of drug-likeness (QED) is 0.868. The lowest BCUT2D eigenvalue weighted by molar-refractivity contribution is 0.0361. The normalized spacial score (nSPS) is 18.4. The van der Waals surface area contributed by atoms with Crippen LogP contribution in [0.2, 0.25) is 5.02 Å². The Balaban J connectivity index is 1.89. The van der Waals surface area contributed by atoms with Crippen LogP contribution in [0, 0.1) is 0 Å². The van der Waals surface area contributed by atoms with E-state index < -0.39 is 0 Å². The third kappa shape index (κ3) is 4.77. The molecular weight excluding hydrogens is 260 g/mol. The monoisotopic (exact) mass is 282 g/mol. The van der Waals surface area contributed by atoms with E-state index in [1.54, 1.807) is 0 Å². The molecule has 19 heavy (non-hydrogen) atoms. The lowest BCUT2D eigenvalue weighted by Crippen LogP contribution is -2.38. The molecule has 1 aliphatic heterocycles. The lowest BCUT2D eigenvalue weighted by atomic mass is 10.0. The molecule has 1 aromatic carbocycles. The number of morpholine rings is 1. The molecule has 1 N–H and O–H groups in total. The number of benzene rings is 1. The number of nitrogens with one attached hydrogen (secondary N) is 1. The molecule has 4 heteroatoms. The number of hydrogen-bond acceptors (Lipinski definition) is 3. The van der Waals surface area contributed by atoms with Gasteiger partial charge in [-0.2, -0.15) is 0 Å². The van der Waals surface area contributed by atoms with Gasteiger partial charge in [0, 0.05) is 30.7 Å². The fraction of sp³-hybridized carbons (Fsp3) is 0.600. The minimum atomic E-state index is 0.408. The summed E-state index contributed by atoms with van der Waals surface area (Å²) in [5.41, 5.74) is 1.32. The van der Waals surface area contributed by atoms with Crippen LogP contribution < -0.4 is 5.32 Å². The Bertz CT molecular complexity index is 363. The van der Waals surface area contributed by atoms with Crippen LogP contribution in [0.15, 0.2) is 24.3 Å². The van der Waals surface area contributed by atoms with Crippen molar-refractivity contribution in [3.05, 3.63) is 34.9 Å². The molecule has 0 aromatic heterocycles. The van der Waals surface area contributed by atoms with E-state index in [4.69, 9.17) is 16.3 Å². The Kier molecular flexibility index (Phi) is 6.11. The van der Waals surface area contributed by atoms with Gasteiger partial charge in [-0.1, -0.05) is 30.7 Å². The topological polar surface area (TPSA) is 24.5 Å². The Labute approximate surface area is 120 Å². The van der Waals surface area contributed by atoms with E-state index in [1.807, 2.05) is 12.1 Å². The summed E-state index contributed by atoms with van der Waals surface area (Å²) in [6, 6.07) is 8.58. The van der Waals surface area contributed by atoms with E-state index in [2.05, 4.69) is 29.3 Å². The highest BCUT2D eigenvalue weighted by atomic mass is 35.5. The minimum absolute atomic E-state index is 0.408. The standard InChI is InChI=1S/C15H23ClN2O/c1-2-17-15(13-3-5-14(16)6-4-13)7-8-18-9-11-19-12-10-18/h3-6,15,17H,2,7-12H2,1H3. The summed E-state index contributed by atoms with van der Waals surface area (Å²) in [6.07, 6.45) is 1.12. The summed E-state index contributed by atoms with van der Waals surface area (Å²) in [5.74, 6) is 0. The SMILES string of the molecule is CCNC(CCN1CCOCC1)c1ccc(Cl)cc1. The zero-order valence-corrected chi connectivity index (χ0v) is 12.3. The molecule has 1 saturated heterocycles. The van der Waals surface area contributed by atoms with Crippen molar-refractivity contribution in [1.82, 2.24) is 10.2 Å². The molecule has 1 unspecified atom stereocenters. The maximum atomic E-state index is 5.95. The van der Waals surface area contributed by atoms with Gasteiger partial charge in [-0.25, -0.2) is 0 Å². The number of rotatable bonds is 6. The highest BCUT2D eigenvalue weighted by Crippen LogP contribution is 2.20. The highest BCUT2D eigenvalue weighted by Gasteiger charge is 2.14. The maximum Gasteiger partial charge on any atom is 0.0594 e. The molecule has 0 saturated carbocycles. The summed E-state index contributed by atoms with van der Waals surface area (Å²) in [7, 11) is 0. The van der Waals surface area contributed by atoms with Gasteiger partial charge in [0.05, 0.1) is 13.2 Å². The van der Waals surface area contributed by atoms with Gasteiger partial charge < -0.3 is 10.1 Å². The van der Waals surface area contributed by atoms with Gasteiger partial charge in [0.1, 0.15) is 0 Å². The van der Waals surface area contributed by atoms with E-state index in [0.29, 0.717) is 6.04 Å². The molecule has 1 fully saturated rings. The first-order chi connectivity index (χ1) is 9.29. The summed E-state index contributed by atoms with van der Waals surface area (Å²) in [5, 5.41) is 4.36. The van der Waals surface area contributed by atoms with Gasteiger partial charge in [-0.05, 0) is 30.7 Å². The Morgan fingerprint density at radius 2 is 1.95 bits per heavy atom. The molecule has 0 aliphatic carbocycles. The van der Waals surface area contributed by atoms with Crippen molar-refractivity contribution in [3.63, 3.8) is 0 Å². The van der Waals surface area contributed by atoms with Crippen LogP contribution in [0.1, 0.15) is 24.9 Å². The molecule has 1 atom stereocenters. The third-order valence-electron chi connectivity index (χ3n) is 3.56. The highest BCUT2D eigenvalue weighted by molar-refractivity contribution is 6.30. The second-order valence-corrected chi connectivity index (χ2v) is 5.34. The van der Waals surface area contributed by atoms with Gasteiger partial charge in [0.15, 0.2) is 0 Å². The van der Waals surface area contributed by atoms with Crippen LogP contribution in [0.5, 0.6) is 0 Å². The van der Waals surface area contributed by atoms with Gasteiger partial charge in [0.2, 0.25) is 0 Å². The molecule has 2 rings (SSSR count). The van der Waals surface area contributed by atoms with Crippen molar-refractivity contribution in [3.8, 4) is 0 Å². The Morgan fingerprint density at radius 3 is 2.58 bits per heavy atom. The fourth-order valence-corrected chi connectivity index (χ4v) is 2.59. The molecule has 1 aliphatic rings. The van der Waals surface area contributed by atoms with Crippen molar-refractivity contribution in [2.45, 2.75) is 19.4 Å². The molecule has 3 nitrogen and oxygen atoms in total. The zero-order valence-electron chi connectivity index (χ0n) is 11.6. The first kappa shape index (κ1) is 14.8. The number of nitrogens with zero attached hydrogens (tertiary/aromatic N) is 1. The average molecular weight is 283 g/mol. The first-order valence-electron chi connectivity index (χ1n) is 7.08. The summed E-state index contributed by atoms with van der Waals surface area (Å²) >= 11 is 5.95. The van der Waals surface area contributed by atoms with Crippen molar-refractivity contribution < 1.29 is 4.74 Å². The van der Waals surface area contributed by atoms with E-state index >= 15 is 0 Å². The number of halogens is 1. The van der Waals surface area contributed by atoms with Crippen LogP contribution in [-0.2, 0) is 4.74 Å². The predicted molar refractivity (Wildman–Crippen MR) is 79.7 cm³/mol. The smallest absolute Gasteiger partial charge is 0.0594 e. The van der Waals surface area contributed by atoms with Crippen molar-refractivity contribution in [2.75, 3.05) is 39.4 Å². The summed E-state index contributed by atoms with van der Waals surface area (Å²) in [6.45, 7) is 8.09. The minimum Gasteiger partial charge on any atom is -0.379 e. The van der Waals surface area contributed by atoms with E-state index in [9.17, 15) is 0 Å². The number of hydrogen-bond donors (Lipinski definition) is 1. The molecule has 1 heterocycles. The summed E-state index contributed by atoms with van der Waals surface area (Å²) in [4.78, 5) is 2.48. The van der Waals surface area contributed by atoms with Crippen molar-refractivity contribution in [1.29, 1.82) is 0 Å². The first-order valence-corrected chi connectivity index (χ1v) is 7.46. The molecule has 0 spiro atoms. The maximum absolute atomic E-state index is 5.95. The molecule has 0 amide bonds. The van der Waals surface area contributed by atoms with E-state index in [1.165, 1.54) is 5.56 Å². The lowest BCUT2D eigenvalue weighted by Gasteiger charge is -2.28. The molecule has 106 valence electrons. The van der Waals surface area contributed by atoms with Crippen molar-refractivity contribution >= 4 is 11.6 Å². The van der Waals surface area contributed by atoms with Gasteiger partial charge >= 0.3 is 0 Å². The predicted octanol–water partition coefficient (Wildman–Crippen LogP) is 2.71. The number of ether oxygens (including phenoxy) is 1. The third-order valence-corrected chi connectivity index (χ3v) is 3.81. The molecule has 0 radical (unpaired) electrons. The Hall–Kier alpha value is -0.610. The summed E-state index contributed by atoms with van der Waals surface area (Å²) < 4.78 is 5.38. The van der Waals surface area contributed by atoms with Gasteiger partial charge in [-0.15, -0.1) is 0 Å². The van der Waals surface area contributed by atoms with Gasteiger partial charge in [0.25, 0.3) is 0 Å². The van der Waals surface area contributed by atoms with Crippen LogP contribution in [0.4, 0.5) is 0 Å². The van der Waals surface area contributed by atoms with Crippen molar-refractivity contribution in [2.24, 2.45) is 0 Å². The van der Waals surface area contributed by atoms with E-state index in [-0.39, 0.29) is 0 Å². The molecular formula is C15H23ClN2O. The van der Waals surface area contributed by atoms with Crippen LogP contribution >= 0.6 is 11.6 Å². The van der Waals surface area contributed by atoms with Crippen LogP contribution in [0.3, 0.4) is 0 Å². The Morgan fingerprint density at radius 1 is 1.26 bits per heavy atom. The zero-order chi connectivity index (χ0) is 13.5. The molecule has 1 aromatic rings. The largest absolute Gasteiger partial charge is 0.379 e.